The molecule has 0 unspecified atom stereocenters. The van der Waals surface area contributed by atoms with Gasteiger partial charge in [0, 0.05) is 17.6 Å². The van der Waals surface area contributed by atoms with E-state index in [9.17, 15) is 24.3 Å². The number of nitrogens with one attached hydrogen (secondary N) is 2. The van der Waals surface area contributed by atoms with E-state index in [1.165, 1.54) is 0 Å². The molecule has 0 atom stereocenters. The molecule has 0 saturated heterocycles. The van der Waals surface area contributed by atoms with Crippen LogP contribution in [0, 0.1) is 0 Å². The Kier molecular flexibility index (Phi) is 5.11. The number of nitrogens with zero attached hydrogens (tertiary/aromatic N) is 1. The summed E-state index contributed by atoms with van der Waals surface area (Å²) in [6.45, 7) is 0. The van der Waals surface area contributed by atoms with E-state index in [2.05, 4.69) is 10.3 Å². The molecule has 1 aliphatic carbocycles. The average Bonchev–Trinajstić information content (AvgIpc) is 2.66. The largest absolute Gasteiger partial charge is 0.501 e. The lowest BCUT2D eigenvalue weighted by Gasteiger charge is -2.29. The Morgan fingerprint density at radius 3 is 2.33 bits per heavy atom. The highest BCUT2D eigenvalue weighted by molar-refractivity contribution is 5.94. The molecule has 1 aliphatic rings. The van der Waals surface area contributed by atoms with Gasteiger partial charge in [0.1, 0.15) is 0 Å². The summed E-state index contributed by atoms with van der Waals surface area (Å²) in [5.41, 5.74) is 3.28. The highest BCUT2D eigenvalue weighted by Crippen LogP contribution is 2.27. The number of rotatable bonds is 4. The molecule has 2 amide bonds. The van der Waals surface area contributed by atoms with Gasteiger partial charge in [-0.3, -0.25) is 23.9 Å². The van der Waals surface area contributed by atoms with Crippen molar-refractivity contribution < 1.29 is 14.7 Å². The first kappa shape index (κ1) is 18.4. The van der Waals surface area contributed by atoms with E-state index in [4.69, 9.17) is 5.73 Å². The molecular formula is C18H20N4O5. The van der Waals surface area contributed by atoms with Gasteiger partial charge < -0.3 is 16.2 Å². The quantitative estimate of drug-likeness (QED) is 0.607. The minimum atomic E-state index is -1.08. The third-order valence-corrected chi connectivity index (χ3v) is 4.79. The first-order chi connectivity index (χ1) is 12.9. The molecule has 0 spiro atoms. The molecule has 9 heteroatoms. The average molecular weight is 372 g/mol. The molecule has 5 N–H and O–H groups in total. The number of carbonyl (C=O) groups excluding carboxylic acids is 2. The Morgan fingerprint density at radius 2 is 1.74 bits per heavy atom. The number of aromatic hydroxyl groups is 1. The smallest absolute Gasteiger partial charge is 0.329 e. The standard InChI is InChI=1S/C18H20N4O5/c19-15(24)13-14(23)17(26)22(18(27)21-13)12-8-6-11(7-9-12)20-16(25)10-4-2-1-3-5-10/h1-5,11-12,23H,6-9H2,(H2,19,24)(H,20,25)(H,21,27). The van der Waals surface area contributed by atoms with Crippen LogP contribution in [0.4, 0.5) is 0 Å². The number of hydrogen-bond acceptors (Lipinski definition) is 5. The predicted octanol–water partition coefficient (Wildman–Crippen LogP) is 0.255. The van der Waals surface area contributed by atoms with Gasteiger partial charge in [-0.15, -0.1) is 0 Å². The van der Waals surface area contributed by atoms with Gasteiger partial charge in [-0.1, -0.05) is 18.2 Å². The Balaban J connectivity index is 1.70. The summed E-state index contributed by atoms with van der Waals surface area (Å²) in [4.78, 5) is 50.0. The van der Waals surface area contributed by atoms with Crippen LogP contribution in [0.25, 0.3) is 0 Å². The van der Waals surface area contributed by atoms with Gasteiger partial charge in [0.25, 0.3) is 17.4 Å². The lowest BCUT2D eigenvalue weighted by Crippen LogP contribution is -2.44. The number of H-pyrrole nitrogens is 1. The number of hydrogen-bond donors (Lipinski definition) is 4. The van der Waals surface area contributed by atoms with Crippen molar-refractivity contribution >= 4 is 11.8 Å². The highest BCUT2D eigenvalue weighted by Gasteiger charge is 2.27. The third kappa shape index (κ3) is 3.76. The lowest BCUT2D eigenvalue weighted by molar-refractivity contribution is 0.0921. The van der Waals surface area contributed by atoms with Crippen molar-refractivity contribution in [3.8, 4) is 5.75 Å². The van der Waals surface area contributed by atoms with E-state index in [0.717, 1.165) is 4.57 Å². The molecular weight excluding hydrogens is 352 g/mol. The summed E-state index contributed by atoms with van der Waals surface area (Å²) in [5.74, 6) is -2.11. The summed E-state index contributed by atoms with van der Waals surface area (Å²) in [5, 5.41) is 12.8. The molecule has 9 nitrogen and oxygen atoms in total. The maximum atomic E-state index is 12.3. The lowest BCUT2D eigenvalue weighted by atomic mass is 9.90. The van der Waals surface area contributed by atoms with Gasteiger partial charge in [-0.25, -0.2) is 4.79 Å². The van der Waals surface area contributed by atoms with Crippen molar-refractivity contribution in [3.05, 3.63) is 62.4 Å². The summed E-state index contributed by atoms with van der Waals surface area (Å²) >= 11 is 0. The molecule has 27 heavy (non-hydrogen) atoms. The van der Waals surface area contributed by atoms with Gasteiger partial charge in [0.15, 0.2) is 5.69 Å². The minimum absolute atomic E-state index is 0.0674. The van der Waals surface area contributed by atoms with Gasteiger partial charge >= 0.3 is 5.69 Å². The monoisotopic (exact) mass is 372 g/mol. The summed E-state index contributed by atoms with van der Waals surface area (Å²) in [7, 11) is 0. The molecule has 3 rings (SSSR count). The first-order valence-electron chi connectivity index (χ1n) is 8.62. The highest BCUT2D eigenvalue weighted by atomic mass is 16.3. The molecule has 1 saturated carbocycles. The van der Waals surface area contributed by atoms with E-state index < -0.39 is 34.6 Å². The van der Waals surface area contributed by atoms with Crippen LogP contribution in [-0.4, -0.2) is 32.5 Å². The molecule has 142 valence electrons. The Bertz CT molecular complexity index is 971. The number of nitrogens with two attached hydrogens (primary N) is 1. The molecule has 0 radical (unpaired) electrons. The Morgan fingerprint density at radius 1 is 1.11 bits per heavy atom. The molecule has 1 aromatic heterocycles. The summed E-state index contributed by atoms with van der Waals surface area (Å²) in [6, 6.07) is 8.35. The van der Waals surface area contributed by atoms with Crippen LogP contribution in [0.1, 0.15) is 52.6 Å². The van der Waals surface area contributed by atoms with Gasteiger partial charge in [0.05, 0.1) is 0 Å². The van der Waals surface area contributed by atoms with E-state index in [-0.39, 0.29) is 11.9 Å². The predicted molar refractivity (Wildman–Crippen MR) is 96.7 cm³/mol. The van der Waals surface area contributed by atoms with E-state index in [0.29, 0.717) is 31.2 Å². The minimum Gasteiger partial charge on any atom is -0.501 e. The van der Waals surface area contributed by atoms with Crippen LogP contribution >= 0.6 is 0 Å². The molecule has 1 aromatic carbocycles. The molecule has 0 aliphatic heterocycles. The van der Waals surface area contributed by atoms with Crippen LogP contribution in [0.15, 0.2) is 39.9 Å². The van der Waals surface area contributed by atoms with Crippen molar-refractivity contribution in [1.29, 1.82) is 0 Å². The third-order valence-electron chi connectivity index (χ3n) is 4.79. The molecule has 1 fully saturated rings. The number of aromatic amines is 1. The summed E-state index contributed by atoms with van der Waals surface area (Å²) in [6.07, 6.45) is 2.09. The number of benzene rings is 1. The van der Waals surface area contributed by atoms with Crippen molar-refractivity contribution in [2.75, 3.05) is 0 Å². The maximum Gasteiger partial charge on any atom is 0.329 e. The van der Waals surface area contributed by atoms with Gasteiger partial charge in [-0.2, -0.15) is 0 Å². The number of carbonyl (C=O) groups is 2. The summed E-state index contributed by atoms with van der Waals surface area (Å²) < 4.78 is 0.914. The van der Waals surface area contributed by atoms with Crippen molar-refractivity contribution in [2.24, 2.45) is 5.73 Å². The SMILES string of the molecule is NC(=O)c1[nH]c(=O)n(C2CCC(NC(=O)c3ccccc3)CC2)c(=O)c1O. The van der Waals surface area contributed by atoms with Crippen LogP contribution in [0.3, 0.4) is 0 Å². The molecule has 2 aromatic rings. The second-order valence-electron chi connectivity index (χ2n) is 6.54. The van der Waals surface area contributed by atoms with E-state index in [1.807, 2.05) is 6.07 Å². The fourth-order valence-electron chi connectivity index (χ4n) is 3.39. The normalized spacial score (nSPS) is 19.4. The van der Waals surface area contributed by atoms with E-state index in [1.54, 1.807) is 24.3 Å². The Hall–Kier alpha value is -3.36. The van der Waals surface area contributed by atoms with Crippen molar-refractivity contribution in [1.82, 2.24) is 14.9 Å². The fraction of sp³-hybridized carbons (Fsp3) is 0.333. The van der Waals surface area contributed by atoms with Gasteiger partial charge in [0.2, 0.25) is 5.75 Å². The van der Waals surface area contributed by atoms with Crippen LogP contribution in [0.2, 0.25) is 0 Å². The van der Waals surface area contributed by atoms with E-state index >= 15 is 0 Å². The molecule has 0 bridgehead atoms. The number of amides is 2. The zero-order valence-corrected chi connectivity index (χ0v) is 14.5. The van der Waals surface area contributed by atoms with Crippen molar-refractivity contribution in [3.63, 3.8) is 0 Å². The zero-order chi connectivity index (χ0) is 19.6. The first-order valence-corrected chi connectivity index (χ1v) is 8.62. The van der Waals surface area contributed by atoms with Gasteiger partial charge in [-0.05, 0) is 37.8 Å². The fourth-order valence-corrected chi connectivity index (χ4v) is 3.39. The molecule has 1 heterocycles. The zero-order valence-electron chi connectivity index (χ0n) is 14.5. The van der Waals surface area contributed by atoms with Crippen LogP contribution in [-0.2, 0) is 0 Å². The second kappa shape index (κ2) is 7.48. The van der Waals surface area contributed by atoms with Crippen molar-refractivity contribution in [2.45, 2.75) is 37.8 Å². The second-order valence-corrected chi connectivity index (χ2v) is 6.54. The maximum absolute atomic E-state index is 12.3. The number of primary amides is 1. The number of aromatic nitrogens is 2. The van der Waals surface area contributed by atoms with Crippen LogP contribution < -0.4 is 22.3 Å². The Labute approximate surface area is 153 Å². The topological polar surface area (TPSA) is 147 Å². The van der Waals surface area contributed by atoms with Crippen LogP contribution in [0.5, 0.6) is 5.75 Å².